The number of hydrogen-bond donors (Lipinski definition) is 1. The standard InChI is InChI=1S/C26H29N3O3S/c1-17-23(9-12-27-19-10-13-32-14-11-19)33-25-24(17)26(30)29(16-28-25)15-21-20-6-4-3-5-18(20)7-8-22(21)31-2/h3-8,16,19,27H,9-15H2,1-2H3. The van der Waals surface area contributed by atoms with E-state index in [9.17, 15) is 4.79 Å². The Bertz CT molecular complexity index is 1340. The molecular weight excluding hydrogens is 434 g/mol. The van der Waals surface area contributed by atoms with E-state index in [0.717, 1.165) is 76.9 Å². The van der Waals surface area contributed by atoms with E-state index in [0.29, 0.717) is 12.6 Å². The second kappa shape index (κ2) is 9.63. The smallest absolute Gasteiger partial charge is 0.262 e. The molecule has 1 fully saturated rings. The van der Waals surface area contributed by atoms with Gasteiger partial charge in [-0.2, -0.15) is 0 Å². The number of ether oxygens (including phenoxy) is 2. The highest BCUT2D eigenvalue weighted by molar-refractivity contribution is 7.18. The van der Waals surface area contributed by atoms with Crippen LogP contribution < -0.4 is 15.6 Å². The topological polar surface area (TPSA) is 65.4 Å². The van der Waals surface area contributed by atoms with E-state index in [1.165, 1.54) is 4.88 Å². The van der Waals surface area contributed by atoms with E-state index in [-0.39, 0.29) is 5.56 Å². The van der Waals surface area contributed by atoms with Gasteiger partial charge in [-0.3, -0.25) is 9.36 Å². The third kappa shape index (κ3) is 4.40. The largest absolute Gasteiger partial charge is 0.496 e. The number of aromatic nitrogens is 2. The molecule has 1 N–H and O–H groups in total. The van der Waals surface area contributed by atoms with Gasteiger partial charge in [0.2, 0.25) is 0 Å². The van der Waals surface area contributed by atoms with Gasteiger partial charge in [0.05, 0.1) is 25.4 Å². The minimum Gasteiger partial charge on any atom is -0.496 e. The lowest BCUT2D eigenvalue weighted by Gasteiger charge is -2.23. The summed E-state index contributed by atoms with van der Waals surface area (Å²) < 4.78 is 12.8. The molecule has 2 aromatic carbocycles. The lowest BCUT2D eigenvalue weighted by atomic mass is 10.0. The zero-order chi connectivity index (χ0) is 22.8. The van der Waals surface area contributed by atoms with Crippen LogP contribution in [0.5, 0.6) is 5.75 Å². The predicted molar refractivity (Wildman–Crippen MR) is 134 cm³/mol. The summed E-state index contributed by atoms with van der Waals surface area (Å²) in [6.07, 6.45) is 4.71. The average molecular weight is 464 g/mol. The molecule has 1 aliphatic heterocycles. The Morgan fingerprint density at radius 2 is 2.03 bits per heavy atom. The zero-order valence-corrected chi connectivity index (χ0v) is 19.9. The van der Waals surface area contributed by atoms with Crippen LogP contribution in [0.1, 0.15) is 28.8 Å². The Morgan fingerprint density at radius 3 is 2.85 bits per heavy atom. The quantitative estimate of drug-likeness (QED) is 0.443. The first kappa shape index (κ1) is 22.1. The summed E-state index contributed by atoms with van der Waals surface area (Å²) in [6.45, 7) is 5.05. The van der Waals surface area contributed by atoms with Gasteiger partial charge < -0.3 is 14.8 Å². The zero-order valence-electron chi connectivity index (χ0n) is 19.1. The van der Waals surface area contributed by atoms with Gasteiger partial charge in [-0.15, -0.1) is 11.3 Å². The molecule has 0 atom stereocenters. The summed E-state index contributed by atoms with van der Waals surface area (Å²) >= 11 is 1.64. The molecule has 7 heteroatoms. The summed E-state index contributed by atoms with van der Waals surface area (Å²) in [7, 11) is 1.67. The van der Waals surface area contributed by atoms with Crippen molar-refractivity contribution in [3.63, 3.8) is 0 Å². The molecule has 1 saturated heterocycles. The Morgan fingerprint density at radius 1 is 1.21 bits per heavy atom. The minimum absolute atomic E-state index is 0.00683. The highest BCUT2D eigenvalue weighted by atomic mass is 32.1. The van der Waals surface area contributed by atoms with E-state index in [1.54, 1.807) is 29.3 Å². The second-order valence-corrected chi connectivity index (χ2v) is 9.65. The van der Waals surface area contributed by atoms with E-state index < -0.39 is 0 Å². The van der Waals surface area contributed by atoms with Crippen molar-refractivity contribution in [2.24, 2.45) is 0 Å². The minimum atomic E-state index is 0.00683. The third-order valence-corrected chi connectivity index (χ3v) is 7.83. The Kier molecular flexibility index (Phi) is 6.44. The average Bonchev–Trinajstić information content (AvgIpc) is 3.17. The number of rotatable bonds is 7. The van der Waals surface area contributed by atoms with Gasteiger partial charge in [-0.05, 0) is 48.6 Å². The monoisotopic (exact) mass is 463 g/mol. The highest BCUT2D eigenvalue weighted by Gasteiger charge is 2.17. The van der Waals surface area contributed by atoms with Crippen LogP contribution in [0.3, 0.4) is 0 Å². The second-order valence-electron chi connectivity index (χ2n) is 8.57. The number of benzene rings is 2. The molecule has 0 spiro atoms. The number of nitrogens with one attached hydrogen (secondary N) is 1. The number of methoxy groups -OCH3 is 1. The van der Waals surface area contributed by atoms with Gasteiger partial charge in [0.15, 0.2) is 0 Å². The third-order valence-electron chi connectivity index (χ3n) is 6.57. The van der Waals surface area contributed by atoms with Crippen LogP contribution >= 0.6 is 11.3 Å². The molecule has 172 valence electrons. The molecule has 0 aliphatic carbocycles. The summed E-state index contributed by atoms with van der Waals surface area (Å²) in [5, 5.41) is 6.59. The molecule has 4 aromatic rings. The SMILES string of the molecule is COc1ccc2ccccc2c1Cn1cnc2sc(CCNC3CCOCC3)c(C)c2c1=O. The molecule has 1 aliphatic rings. The van der Waals surface area contributed by atoms with Crippen LogP contribution in [-0.4, -0.2) is 42.5 Å². The van der Waals surface area contributed by atoms with Crippen LogP contribution in [0.2, 0.25) is 0 Å². The van der Waals surface area contributed by atoms with Crippen molar-refractivity contribution >= 4 is 32.3 Å². The first-order valence-corrected chi connectivity index (χ1v) is 12.3. The lowest BCUT2D eigenvalue weighted by molar-refractivity contribution is 0.0782. The Labute approximate surface area is 197 Å². The molecular formula is C26H29N3O3S. The van der Waals surface area contributed by atoms with E-state index in [1.807, 2.05) is 24.3 Å². The maximum absolute atomic E-state index is 13.5. The fourth-order valence-electron chi connectivity index (χ4n) is 4.69. The van der Waals surface area contributed by atoms with Crippen molar-refractivity contribution in [2.45, 2.75) is 38.8 Å². The summed E-state index contributed by atoms with van der Waals surface area (Å²) in [5.74, 6) is 0.780. The number of fused-ring (bicyclic) bond motifs is 2. The van der Waals surface area contributed by atoms with Gasteiger partial charge >= 0.3 is 0 Å². The first-order valence-electron chi connectivity index (χ1n) is 11.5. The molecule has 0 amide bonds. The lowest BCUT2D eigenvalue weighted by Crippen LogP contribution is -2.35. The molecule has 0 radical (unpaired) electrons. The maximum atomic E-state index is 13.5. The van der Waals surface area contributed by atoms with Crippen molar-refractivity contribution < 1.29 is 9.47 Å². The summed E-state index contributed by atoms with van der Waals surface area (Å²) in [4.78, 5) is 20.2. The van der Waals surface area contributed by atoms with Crippen molar-refractivity contribution in [3.8, 4) is 5.75 Å². The van der Waals surface area contributed by atoms with Crippen molar-refractivity contribution in [1.82, 2.24) is 14.9 Å². The predicted octanol–water partition coefficient (Wildman–Crippen LogP) is 4.29. The molecule has 0 bridgehead atoms. The van der Waals surface area contributed by atoms with Crippen LogP contribution in [0, 0.1) is 6.92 Å². The van der Waals surface area contributed by atoms with Gasteiger partial charge in [0, 0.05) is 36.2 Å². The van der Waals surface area contributed by atoms with Crippen molar-refractivity contribution in [1.29, 1.82) is 0 Å². The van der Waals surface area contributed by atoms with Gasteiger partial charge in [0.25, 0.3) is 5.56 Å². The molecule has 0 saturated carbocycles. The number of nitrogens with zero attached hydrogens (tertiary/aromatic N) is 2. The Hall–Kier alpha value is -2.74. The normalized spacial score (nSPS) is 14.8. The summed E-state index contributed by atoms with van der Waals surface area (Å²) in [5.41, 5.74) is 2.06. The summed E-state index contributed by atoms with van der Waals surface area (Å²) in [6, 6.07) is 12.7. The Balaban J connectivity index is 1.43. The number of thiophene rings is 1. The van der Waals surface area contributed by atoms with Crippen LogP contribution in [0.25, 0.3) is 21.0 Å². The van der Waals surface area contributed by atoms with Gasteiger partial charge in [-0.1, -0.05) is 30.3 Å². The number of aryl methyl sites for hydroxylation is 1. The van der Waals surface area contributed by atoms with Crippen LogP contribution in [0.4, 0.5) is 0 Å². The van der Waals surface area contributed by atoms with Crippen LogP contribution in [-0.2, 0) is 17.7 Å². The van der Waals surface area contributed by atoms with Crippen LogP contribution in [0.15, 0.2) is 47.5 Å². The molecule has 0 unspecified atom stereocenters. The first-order chi connectivity index (χ1) is 16.2. The van der Waals surface area contributed by atoms with E-state index in [2.05, 4.69) is 29.4 Å². The van der Waals surface area contributed by atoms with Gasteiger partial charge in [-0.25, -0.2) is 4.98 Å². The number of hydrogen-bond acceptors (Lipinski definition) is 6. The highest BCUT2D eigenvalue weighted by Crippen LogP contribution is 2.30. The van der Waals surface area contributed by atoms with Crippen molar-refractivity contribution in [3.05, 3.63) is 69.1 Å². The van der Waals surface area contributed by atoms with Gasteiger partial charge in [0.1, 0.15) is 10.6 Å². The fraction of sp³-hybridized carbons (Fsp3) is 0.385. The molecule has 33 heavy (non-hydrogen) atoms. The maximum Gasteiger partial charge on any atom is 0.262 e. The van der Waals surface area contributed by atoms with E-state index in [4.69, 9.17) is 9.47 Å². The molecule has 3 heterocycles. The van der Waals surface area contributed by atoms with Crippen molar-refractivity contribution in [2.75, 3.05) is 26.9 Å². The van der Waals surface area contributed by atoms with E-state index >= 15 is 0 Å². The molecule has 6 nitrogen and oxygen atoms in total. The fourth-order valence-corrected chi connectivity index (χ4v) is 5.82. The molecule has 2 aromatic heterocycles. The molecule has 5 rings (SSSR count).